The summed E-state index contributed by atoms with van der Waals surface area (Å²) in [6.07, 6.45) is -0.815. The number of rotatable bonds is 6. The summed E-state index contributed by atoms with van der Waals surface area (Å²) in [6.45, 7) is 8.10. The van der Waals surface area contributed by atoms with Gasteiger partial charge in [0, 0.05) is 5.54 Å². The molecule has 0 radical (unpaired) electrons. The van der Waals surface area contributed by atoms with Crippen LogP contribution in [0.15, 0.2) is 0 Å². The number of aliphatic carboxylic acids is 1. The maximum Gasteiger partial charge on any atom is 0.413 e. The summed E-state index contributed by atoms with van der Waals surface area (Å²) in [6, 6.07) is 0. The van der Waals surface area contributed by atoms with E-state index >= 15 is 0 Å². The molecule has 0 rings (SSSR count). The van der Waals surface area contributed by atoms with Gasteiger partial charge in [-0.3, -0.25) is 14.9 Å². The Balaban J connectivity index is 4.43. The molecule has 0 bridgehead atoms. The average Bonchev–Trinajstić information content (AvgIpc) is 2.26. The van der Waals surface area contributed by atoms with Crippen molar-refractivity contribution in [1.82, 2.24) is 10.6 Å². The van der Waals surface area contributed by atoms with Gasteiger partial charge in [-0.25, -0.2) is 4.79 Å². The maximum absolute atomic E-state index is 11.4. The fourth-order valence-electron chi connectivity index (χ4n) is 1.11. The normalized spacial score (nSPS) is 11.8. The molecular formula is C12H22N2O5. The Morgan fingerprint density at radius 1 is 1.16 bits per heavy atom. The average molecular weight is 274 g/mol. The topological polar surface area (TPSA) is 105 Å². The Morgan fingerprint density at radius 2 is 1.68 bits per heavy atom. The van der Waals surface area contributed by atoms with Crippen molar-refractivity contribution in [3.63, 3.8) is 0 Å². The Bertz CT molecular complexity index is 363. The molecule has 0 fully saturated rings. The predicted molar refractivity (Wildman–Crippen MR) is 68.7 cm³/mol. The molecule has 0 spiro atoms. The number of nitrogens with one attached hydrogen (secondary N) is 2. The van der Waals surface area contributed by atoms with Crippen LogP contribution in [-0.2, 0) is 14.3 Å². The highest BCUT2D eigenvalue weighted by molar-refractivity contribution is 5.92. The van der Waals surface area contributed by atoms with E-state index in [2.05, 4.69) is 10.1 Å². The quantitative estimate of drug-likeness (QED) is 0.659. The third-order valence-electron chi connectivity index (χ3n) is 3.30. The summed E-state index contributed by atoms with van der Waals surface area (Å²) in [7, 11) is 0. The van der Waals surface area contributed by atoms with Gasteiger partial charge in [-0.15, -0.1) is 0 Å². The first-order valence-corrected chi connectivity index (χ1v) is 5.99. The van der Waals surface area contributed by atoms with Crippen LogP contribution in [0.5, 0.6) is 0 Å². The van der Waals surface area contributed by atoms with E-state index in [0.29, 0.717) is 0 Å². The monoisotopic (exact) mass is 274 g/mol. The number of ether oxygens (including phenoxy) is 1. The third kappa shape index (κ3) is 4.86. The summed E-state index contributed by atoms with van der Waals surface area (Å²) < 4.78 is 4.56. The van der Waals surface area contributed by atoms with E-state index in [-0.39, 0.29) is 13.2 Å². The lowest BCUT2D eigenvalue weighted by Crippen LogP contribution is -2.57. The zero-order valence-electron chi connectivity index (χ0n) is 12.0. The van der Waals surface area contributed by atoms with E-state index in [1.165, 1.54) is 0 Å². The largest absolute Gasteiger partial charge is 0.481 e. The Morgan fingerprint density at radius 3 is 2.11 bits per heavy atom. The van der Waals surface area contributed by atoms with Crippen LogP contribution in [0, 0.1) is 5.41 Å². The molecule has 0 aromatic carbocycles. The minimum Gasteiger partial charge on any atom is -0.481 e. The SMILES string of the molecule is CCOC(=O)NC(=O)CNC(C)(C)C(C)(C)C(=O)O. The van der Waals surface area contributed by atoms with E-state index in [9.17, 15) is 14.4 Å². The van der Waals surface area contributed by atoms with Gasteiger partial charge in [-0.2, -0.15) is 0 Å². The third-order valence-corrected chi connectivity index (χ3v) is 3.30. The van der Waals surface area contributed by atoms with Crippen LogP contribution in [-0.4, -0.2) is 41.8 Å². The number of hydrogen-bond donors (Lipinski definition) is 3. The standard InChI is InChI=1S/C12H22N2O5/c1-6-19-10(18)14-8(15)7-13-12(4,5)11(2,3)9(16)17/h13H,6-7H2,1-5H3,(H,16,17)(H,14,15,18). The number of amides is 2. The van der Waals surface area contributed by atoms with Gasteiger partial charge >= 0.3 is 12.1 Å². The van der Waals surface area contributed by atoms with E-state index in [1.54, 1.807) is 34.6 Å². The van der Waals surface area contributed by atoms with Crippen molar-refractivity contribution in [2.45, 2.75) is 40.2 Å². The number of hydrogen-bond acceptors (Lipinski definition) is 5. The van der Waals surface area contributed by atoms with Crippen LogP contribution in [0.1, 0.15) is 34.6 Å². The molecule has 0 aliphatic rings. The summed E-state index contributed by atoms with van der Waals surface area (Å²) >= 11 is 0. The molecule has 0 aromatic rings. The lowest BCUT2D eigenvalue weighted by Gasteiger charge is -2.38. The van der Waals surface area contributed by atoms with Gasteiger partial charge in [-0.05, 0) is 34.6 Å². The predicted octanol–water partition coefficient (Wildman–Crippen LogP) is 0.738. The van der Waals surface area contributed by atoms with Gasteiger partial charge in [0.25, 0.3) is 0 Å². The molecule has 3 N–H and O–H groups in total. The van der Waals surface area contributed by atoms with Crippen molar-refractivity contribution < 1.29 is 24.2 Å². The first-order valence-electron chi connectivity index (χ1n) is 5.99. The van der Waals surface area contributed by atoms with Crippen LogP contribution in [0.4, 0.5) is 4.79 Å². The second-order valence-electron chi connectivity index (χ2n) is 5.18. The number of carbonyl (C=O) groups is 3. The van der Waals surface area contributed by atoms with Crippen molar-refractivity contribution in [3.8, 4) is 0 Å². The molecule has 0 saturated carbocycles. The van der Waals surface area contributed by atoms with Crippen molar-refractivity contribution in [2.24, 2.45) is 5.41 Å². The number of carboxylic acid groups (broad SMARTS) is 1. The van der Waals surface area contributed by atoms with Crippen LogP contribution in [0.25, 0.3) is 0 Å². The number of alkyl carbamates (subject to hydrolysis) is 1. The lowest BCUT2D eigenvalue weighted by atomic mass is 9.74. The summed E-state index contributed by atoms with van der Waals surface area (Å²) in [5.41, 5.74) is -1.90. The van der Waals surface area contributed by atoms with Crippen molar-refractivity contribution in [1.29, 1.82) is 0 Å². The number of carboxylic acids is 1. The molecule has 0 heterocycles. The van der Waals surface area contributed by atoms with Gasteiger partial charge in [-0.1, -0.05) is 0 Å². The molecular weight excluding hydrogens is 252 g/mol. The fourth-order valence-corrected chi connectivity index (χ4v) is 1.11. The molecule has 0 aliphatic heterocycles. The molecule has 110 valence electrons. The van der Waals surface area contributed by atoms with Crippen LogP contribution in [0.3, 0.4) is 0 Å². The highest BCUT2D eigenvalue weighted by Crippen LogP contribution is 2.30. The molecule has 19 heavy (non-hydrogen) atoms. The van der Waals surface area contributed by atoms with Gasteiger partial charge in [0.05, 0.1) is 18.6 Å². The van der Waals surface area contributed by atoms with Gasteiger partial charge in [0.1, 0.15) is 0 Å². The van der Waals surface area contributed by atoms with Crippen molar-refractivity contribution in [3.05, 3.63) is 0 Å². The summed E-state index contributed by atoms with van der Waals surface area (Å²) in [4.78, 5) is 33.6. The fraction of sp³-hybridized carbons (Fsp3) is 0.750. The molecule has 2 amide bonds. The maximum atomic E-state index is 11.4. The van der Waals surface area contributed by atoms with E-state index < -0.39 is 28.9 Å². The number of carbonyl (C=O) groups excluding carboxylic acids is 2. The number of imide groups is 1. The minimum atomic E-state index is -1.07. The van der Waals surface area contributed by atoms with E-state index in [4.69, 9.17) is 5.11 Å². The van der Waals surface area contributed by atoms with E-state index in [1.807, 2.05) is 5.32 Å². The van der Waals surface area contributed by atoms with E-state index in [0.717, 1.165) is 0 Å². The Labute approximate surface area is 112 Å². The van der Waals surface area contributed by atoms with Gasteiger partial charge in [0.2, 0.25) is 5.91 Å². The molecule has 0 unspecified atom stereocenters. The molecule has 0 atom stereocenters. The van der Waals surface area contributed by atoms with Gasteiger partial charge in [0.15, 0.2) is 0 Å². The first kappa shape index (κ1) is 17.4. The lowest BCUT2D eigenvalue weighted by molar-refractivity contribution is -0.151. The zero-order valence-corrected chi connectivity index (χ0v) is 12.0. The molecule has 7 heteroatoms. The molecule has 7 nitrogen and oxygen atoms in total. The van der Waals surface area contributed by atoms with Crippen LogP contribution >= 0.6 is 0 Å². The Hall–Kier alpha value is -1.63. The van der Waals surface area contributed by atoms with Gasteiger partial charge < -0.3 is 15.2 Å². The summed E-state index contributed by atoms with van der Waals surface area (Å²) in [5, 5.41) is 14.0. The molecule has 0 aliphatic carbocycles. The zero-order chi connectivity index (χ0) is 15.3. The molecule has 0 saturated heterocycles. The highest BCUT2D eigenvalue weighted by atomic mass is 16.5. The van der Waals surface area contributed by atoms with Crippen LogP contribution in [0.2, 0.25) is 0 Å². The van der Waals surface area contributed by atoms with Crippen LogP contribution < -0.4 is 10.6 Å². The minimum absolute atomic E-state index is 0.171. The first-order chi connectivity index (χ1) is 8.54. The summed E-state index contributed by atoms with van der Waals surface area (Å²) in [5.74, 6) is -1.55. The van der Waals surface area contributed by atoms with Crippen molar-refractivity contribution >= 4 is 18.0 Å². The second-order valence-corrected chi connectivity index (χ2v) is 5.18. The highest BCUT2D eigenvalue weighted by Gasteiger charge is 2.43. The van der Waals surface area contributed by atoms with Crippen molar-refractivity contribution in [2.75, 3.05) is 13.2 Å². The molecule has 0 aromatic heterocycles. The second kappa shape index (κ2) is 6.51. The smallest absolute Gasteiger partial charge is 0.413 e. The Kier molecular flexibility index (Phi) is 5.95.